The molecular weight excluding hydrogens is 290 g/mol. The van der Waals surface area contributed by atoms with E-state index in [1.54, 1.807) is 0 Å². The Morgan fingerprint density at radius 2 is 2.05 bits per heavy atom. The van der Waals surface area contributed by atoms with Gasteiger partial charge in [0.25, 0.3) is 0 Å². The van der Waals surface area contributed by atoms with Crippen LogP contribution in [0.1, 0.15) is 12.8 Å². The fourth-order valence-corrected chi connectivity index (χ4v) is 3.86. The second-order valence-electron chi connectivity index (χ2n) is 5.46. The summed E-state index contributed by atoms with van der Waals surface area (Å²) < 4.78 is 29.0. The third-order valence-electron chi connectivity index (χ3n) is 3.90. The first-order valence-electron chi connectivity index (χ1n) is 7.35. The molecule has 0 spiro atoms. The van der Waals surface area contributed by atoms with E-state index in [1.807, 2.05) is 18.2 Å². The van der Waals surface area contributed by atoms with E-state index in [1.165, 1.54) is 0 Å². The van der Waals surface area contributed by atoms with Crippen molar-refractivity contribution >= 4 is 10.8 Å². The summed E-state index contributed by atoms with van der Waals surface area (Å²) in [4.78, 5) is 0.744. The summed E-state index contributed by atoms with van der Waals surface area (Å²) in [7, 11) is -1.13. The zero-order valence-corrected chi connectivity index (χ0v) is 12.8. The lowest BCUT2D eigenvalue weighted by molar-refractivity contribution is 0.182. The van der Waals surface area contributed by atoms with Gasteiger partial charge in [-0.2, -0.15) is 0 Å². The van der Waals surface area contributed by atoms with Crippen molar-refractivity contribution in [3.05, 3.63) is 18.2 Å². The highest BCUT2D eigenvalue weighted by molar-refractivity contribution is 7.85. The molecule has 21 heavy (non-hydrogen) atoms. The number of ether oxygens (including phenoxy) is 3. The quantitative estimate of drug-likeness (QED) is 0.908. The van der Waals surface area contributed by atoms with Gasteiger partial charge in [0.1, 0.15) is 0 Å². The monoisotopic (exact) mass is 311 g/mol. The number of benzene rings is 1. The van der Waals surface area contributed by atoms with Crippen LogP contribution in [0.5, 0.6) is 11.5 Å². The predicted molar refractivity (Wildman–Crippen MR) is 80.2 cm³/mol. The molecule has 1 fully saturated rings. The lowest BCUT2D eigenvalue weighted by atomic mass is 10.0. The Morgan fingerprint density at radius 3 is 2.81 bits per heavy atom. The lowest BCUT2D eigenvalue weighted by Gasteiger charge is -2.17. The lowest BCUT2D eigenvalue weighted by Crippen LogP contribution is -2.35. The number of nitrogens with two attached hydrogens (primary N) is 1. The molecule has 0 saturated carbocycles. The molecule has 3 atom stereocenters. The van der Waals surface area contributed by atoms with E-state index >= 15 is 0 Å². The van der Waals surface area contributed by atoms with E-state index < -0.39 is 10.8 Å². The Balaban J connectivity index is 1.68. The van der Waals surface area contributed by atoms with Crippen LogP contribution in [0.15, 0.2) is 23.1 Å². The van der Waals surface area contributed by atoms with E-state index in [2.05, 4.69) is 0 Å². The van der Waals surface area contributed by atoms with Crippen molar-refractivity contribution in [1.82, 2.24) is 0 Å². The van der Waals surface area contributed by atoms with Gasteiger partial charge in [-0.25, -0.2) is 0 Å². The van der Waals surface area contributed by atoms with Crippen LogP contribution in [-0.2, 0) is 15.5 Å². The zero-order chi connectivity index (χ0) is 14.7. The van der Waals surface area contributed by atoms with Gasteiger partial charge < -0.3 is 19.9 Å². The van der Waals surface area contributed by atoms with E-state index in [0.29, 0.717) is 37.2 Å². The summed E-state index contributed by atoms with van der Waals surface area (Å²) in [6, 6.07) is 5.39. The van der Waals surface area contributed by atoms with Crippen molar-refractivity contribution in [1.29, 1.82) is 0 Å². The number of fused-ring (bicyclic) bond motifs is 1. The molecule has 0 aliphatic carbocycles. The van der Waals surface area contributed by atoms with Crippen LogP contribution < -0.4 is 15.2 Å². The third-order valence-corrected chi connectivity index (χ3v) is 5.36. The Kier molecular flexibility index (Phi) is 4.77. The molecule has 2 aliphatic rings. The second kappa shape index (κ2) is 6.77. The molecule has 0 radical (unpaired) electrons. The van der Waals surface area contributed by atoms with Crippen LogP contribution in [0.3, 0.4) is 0 Å². The molecule has 1 saturated heterocycles. The summed E-state index contributed by atoms with van der Waals surface area (Å²) in [5.41, 5.74) is 6.15. The minimum atomic E-state index is -1.13. The average molecular weight is 311 g/mol. The molecular formula is C15H21NO4S. The molecule has 3 rings (SSSR count). The standard InChI is InChI=1S/C15H21NO4S/c16-13(11-4-7-18-9-11)10-21(17)12-2-3-14-15(8-12)20-6-1-5-19-14/h2-3,8,11,13H,1,4-7,9-10,16H2. The first-order chi connectivity index (χ1) is 10.2. The maximum Gasteiger partial charge on any atom is 0.162 e. The fourth-order valence-electron chi connectivity index (χ4n) is 2.58. The highest BCUT2D eigenvalue weighted by Gasteiger charge is 2.25. The molecule has 2 heterocycles. The van der Waals surface area contributed by atoms with Gasteiger partial charge in [0.05, 0.1) is 30.6 Å². The first-order valence-corrected chi connectivity index (χ1v) is 8.67. The van der Waals surface area contributed by atoms with Crippen LogP contribution in [-0.4, -0.2) is 42.4 Å². The van der Waals surface area contributed by atoms with Gasteiger partial charge in [-0.1, -0.05) is 0 Å². The van der Waals surface area contributed by atoms with Gasteiger partial charge >= 0.3 is 0 Å². The summed E-state index contributed by atoms with van der Waals surface area (Å²) in [6.07, 6.45) is 1.82. The minimum absolute atomic E-state index is 0.0932. The van der Waals surface area contributed by atoms with Crippen molar-refractivity contribution in [2.45, 2.75) is 23.8 Å². The van der Waals surface area contributed by atoms with Gasteiger partial charge in [0.15, 0.2) is 11.5 Å². The van der Waals surface area contributed by atoms with Gasteiger partial charge in [0.2, 0.25) is 0 Å². The predicted octanol–water partition coefficient (Wildman–Crippen LogP) is 1.32. The summed E-state index contributed by atoms with van der Waals surface area (Å²) in [5, 5.41) is 0. The fraction of sp³-hybridized carbons (Fsp3) is 0.600. The summed E-state index contributed by atoms with van der Waals surface area (Å²) in [5.74, 6) is 2.17. The van der Waals surface area contributed by atoms with Crippen molar-refractivity contribution in [2.24, 2.45) is 11.7 Å². The van der Waals surface area contributed by atoms with Crippen LogP contribution in [0.4, 0.5) is 0 Å². The number of rotatable bonds is 4. The summed E-state index contributed by atoms with van der Waals surface area (Å²) >= 11 is 0. The topological polar surface area (TPSA) is 70.8 Å². The molecule has 1 aromatic rings. The van der Waals surface area contributed by atoms with Crippen molar-refractivity contribution < 1.29 is 18.4 Å². The van der Waals surface area contributed by atoms with Crippen LogP contribution >= 0.6 is 0 Å². The van der Waals surface area contributed by atoms with Crippen molar-refractivity contribution in [3.8, 4) is 11.5 Å². The highest BCUT2D eigenvalue weighted by atomic mass is 32.2. The first kappa shape index (κ1) is 14.8. The van der Waals surface area contributed by atoms with Crippen LogP contribution in [0.25, 0.3) is 0 Å². The molecule has 0 amide bonds. The third kappa shape index (κ3) is 3.56. The summed E-state index contributed by atoms with van der Waals surface area (Å²) in [6.45, 7) is 2.72. The van der Waals surface area contributed by atoms with Gasteiger partial charge in [-0.05, 0) is 18.6 Å². The Bertz CT molecular complexity index is 516. The molecule has 2 aliphatic heterocycles. The van der Waals surface area contributed by atoms with Gasteiger partial charge in [-0.3, -0.25) is 4.21 Å². The van der Waals surface area contributed by atoms with E-state index in [-0.39, 0.29) is 6.04 Å². The number of hydrogen-bond acceptors (Lipinski definition) is 5. The van der Waals surface area contributed by atoms with Gasteiger partial charge in [-0.15, -0.1) is 0 Å². The largest absolute Gasteiger partial charge is 0.490 e. The van der Waals surface area contributed by atoms with Gasteiger partial charge in [0, 0.05) is 41.7 Å². The Morgan fingerprint density at radius 1 is 1.24 bits per heavy atom. The molecule has 6 heteroatoms. The molecule has 3 unspecified atom stereocenters. The minimum Gasteiger partial charge on any atom is -0.490 e. The van der Waals surface area contributed by atoms with E-state index in [9.17, 15) is 4.21 Å². The van der Waals surface area contributed by atoms with Crippen LogP contribution in [0.2, 0.25) is 0 Å². The number of hydrogen-bond donors (Lipinski definition) is 1. The SMILES string of the molecule is NC(CS(=O)c1ccc2c(c1)OCCCO2)C1CCOC1. The second-order valence-corrected chi connectivity index (χ2v) is 6.95. The molecule has 116 valence electrons. The van der Waals surface area contributed by atoms with E-state index in [4.69, 9.17) is 19.9 Å². The zero-order valence-electron chi connectivity index (χ0n) is 12.0. The normalized spacial score (nSPS) is 24.3. The molecule has 5 nitrogen and oxygen atoms in total. The highest BCUT2D eigenvalue weighted by Crippen LogP contribution is 2.31. The molecule has 1 aromatic carbocycles. The van der Waals surface area contributed by atoms with E-state index in [0.717, 1.165) is 30.1 Å². The maximum absolute atomic E-state index is 12.5. The molecule has 0 aromatic heterocycles. The Labute approximate surface area is 127 Å². The van der Waals surface area contributed by atoms with Crippen LogP contribution in [0, 0.1) is 5.92 Å². The van der Waals surface area contributed by atoms with Crippen molar-refractivity contribution in [3.63, 3.8) is 0 Å². The maximum atomic E-state index is 12.5. The molecule has 0 bridgehead atoms. The average Bonchev–Trinajstić information content (AvgIpc) is 2.92. The Hall–Kier alpha value is -1.11. The molecule has 2 N–H and O–H groups in total. The smallest absolute Gasteiger partial charge is 0.162 e. The van der Waals surface area contributed by atoms with Crippen molar-refractivity contribution in [2.75, 3.05) is 32.2 Å².